The van der Waals surface area contributed by atoms with Crippen molar-refractivity contribution in [3.8, 4) is 11.3 Å². The van der Waals surface area contributed by atoms with Gasteiger partial charge in [-0.15, -0.1) is 0 Å². The van der Waals surface area contributed by atoms with E-state index in [1.165, 1.54) is 6.20 Å². The SMILES string of the molecule is CCOC(=O)c1cnc2ccc(NC(=O)N3C(CC)CC3COCc3c(-c4c(Cl)cccc4Cl)noc3C3CC3)cc2c1. The number of urea groups is 1. The fourth-order valence-corrected chi connectivity index (χ4v) is 6.19. The number of esters is 1. The average Bonchev–Trinajstić information content (AvgIpc) is 3.74. The van der Waals surface area contributed by atoms with Crippen LogP contribution in [-0.4, -0.2) is 52.3 Å². The molecule has 43 heavy (non-hydrogen) atoms. The number of amides is 2. The Bertz CT molecular complexity index is 1650. The quantitative estimate of drug-likeness (QED) is 0.179. The number of pyridine rings is 1. The number of rotatable bonds is 10. The molecule has 1 saturated carbocycles. The fourth-order valence-electron chi connectivity index (χ4n) is 5.61. The third kappa shape index (κ3) is 6.07. The highest BCUT2D eigenvalue weighted by Gasteiger charge is 2.41. The number of carbonyl (C=O) groups is 2. The highest BCUT2D eigenvalue weighted by Crippen LogP contribution is 2.46. The maximum Gasteiger partial charge on any atom is 0.339 e. The van der Waals surface area contributed by atoms with Crippen LogP contribution in [0.4, 0.5) is 10.5 Å². The van der Waals surface area contributed by atoms with Crippen molar-refractivity contribution in [3.63, 3.8) is 0 Å². The van der Waals surface area contributed by atoms with Gasteiger partial charge in [0.05, 0.1) is 47.0 Å². The fraction of sp³-hybridized carbons (Fsp3) is 0.375. The Morgan fingerprint density at radius 3 is 2.60 bits per heavy atom. The summed E-state index contributed by atoms with van der Waals surface area (Å²) in [6, 6.07) is 12.3. The van der Waals surface area contributed by atoms with E-state index in [1.54, 1.807) is 37.3 Å². The van der Waals surface area contributed by atoms with Gasteiger partial charge >= 0.3 is 12.0 Å². The Morgan fingerprint density at radius 1 is 1.09 bits per heavy atom. The molecule has 9 nitrogen and oxygen atoms in total. The molecule has 2 aliphatic rings. The van der Waals surface area contributed by atoms with Gasteiger partial charge in [-0.3, -0.25) is 4.98 Å². The van der Waals surface area contributed by atoms with E-state index in [1.807, 2.05) is 17.0 Å². The molecule has 2 unspecified atom stereocenters. The molecule has 2 aromatic carbocycles. The van der Waals surface area contributed by atoms with Crippen molar-refractivity contribution >= 4 is 51.8 Å². The zero-order chi connectivity index (χ0) is 30.1. The summed E-state index contributed by atoms with van der Waals surface area (Å²) in [6.07, 6.45) is 5.26. The maximum atomic E-state index is 13.4. The topological polar surface area (TPSA) is 107 Å². The number of hydrogen-bond acceptors (Lipinski definition) is 7. The number of fused-ring (bicyclic) bond motifs is 1. The number of nitrogens with zero attached hydrogens (tertiary/aromatic N) is 3. The summed E-state index contributed by atoms with van der Waals surface area (Å²) in [6.45, 7) is 4.74. The Kier molecular flexibility index (Phi) is 8.56. The molecule has 1 aliphatic heterocycles. The van der Waals surface area contributed by atoms with Crippen LogP contribution in [0.2, 0.25) is 10.0 Å². The maximum absolute atomic E-state index is 13.4. The van der Waals surface area contributed by atoms with Crippen molar-refractivity contribution in [2.24, 2.45) is 0 Å². The zero-order valence-corrected chi connectivity index (χ0v) is 25.5. The van der Waals surface area contributed by atoms with E-state index >= 15 is 0 Å². The third-order valence-corrected chi connectivity index (χ3v) is 8.63. The standard InChI is InChI=1S/C32H32Cl2N4O5/c1-3-22-14-23(16-41-17-24-29(37-43-30(24)18-8-9-18)28-25(33)6-5-7-26(28)34)38(22)32(40)36-21-10-11-27-19(13-21)12-20(15-35-27)31(39)42-4-2/h5-7,10-13,15,18,22-23H,3-4,8-9,14,16-17H2,1-2H3,(H,36,40). The molecule has 2 atom stereocenters. The number of halogens is 2. The Hall–Kier alpha value is -3.66. The van der Waals surface area contributed by atoms with Crippen LogP contribution in [0.3, 0.4) is 0 Å². The van der Waals surface area contributed by atoms with Crippen molar-refractivity contribution < 1.29 is 23.6 Å². The number of anilines is 1. The van der Waals surface area contributed by atoms with Crippen molar-refractivity contribution in [2.45, 2.75) is 64.1 Å². The predicted octanol–water partition coefficient (Wildman–Crippen LogP) is 7.85. The second-order valence-corrected chi connectivity index (χ2v) is 11.7. The second-order valence-electron chi connectivity index (χ2n) is 10.9. The van der Waals surface area contributed by atoms with Gasteiger partial charge in [0.25, 0.3) is 0 Å². The van der Waals surface area contributed by atoms with Gasteiger partial charge in [0.15, 0.2) is 0 Å². The lowest BCUT2D eigenvalue weighted by Gasteiger charge is -2.48. The van der Waals surface area contributed by atoms with E-state index < -0.39 is 5.97 Å². The molecule has 2 fully saturated rings. The lowest BCUT2D eigenvalue weighted by atomic mass is 9.92. The minimum atomic E-state index is -0.432. The van der Waals surface area contributed by atoms with Gasteiger partial charge in [-0.1, -0.05) is 41.3 Å². The number of hydrogen-bond donors (Lipinski definition) is 1. The van der Waals surface area contributed by atoms with Gasteiger partial charge in [-0.25, -0.2) is 9.59 Å². The molecule has 2 amide bonds. The summed E-state index contributed by atoms with van der Waals surface area (Å²) in [5.41, 5.74) is 3.78. The normalized spacial score (nSPS) is 18.0. The van der Waals surface area contributed by atoms with Crippen molar-refractivity contribution in [2.75, 3.05) is 18.5 Å². The van der Waals surface area contributed by atoms with Gasteiger partial charge in [-0.2, -0.15) is 0 Å². The summed E-state index contributed by atoms with van der Waals surface area (Å²) in [7, 11) is 0. The summed E-state index contributed by atoms with van der Waals surface area (Å²) < 4.78 is 17.1. The largest absolute Gasteiger partial charge is 0.462 e. The molecule has 0 spiro atoms. The zero-order valence-electron chi connectivity index (χ0n) is 23.9. The van der Waals surface area contributed by atoms with E-state index in [9.17, 15) is 9.59 Å². The number of nitrogens with one attached hydrogen (secondary N) is 1. The number of benzene rings is 2. The van der Waals surface area contributed by atoms with Gasteiger partial charge in [0.1, 0.15) is 11.5 Å². The first kappa shape index (κ1) is 29.4. The van der Waals surface area contributed by atoms with Crippen molar-refractivity contribution in [1.82, 2.24) is 15.0 Å². The van der Waals surface area contributed by atoms with Crippen LogP contribution >= 0.6 is 23.2 Å². The molecule has 0 radical (unpaired) electrons. The highest BCUT2D eigenvalue weighted by atomic mass is 35.5. The molecule has 1 aliphatic carbocycles. The van der Waals surface area contributed by atoms with E-state index in [0.29, 0.717) is 50.6 Å². The molecule has 2 aromatic heterocycles. The van der Waals surface area contributed by atoms with E-state index in [0.717, 1.165) is 42.4 Å². The van der Waals surface area contributed by atoms with Crippen LogP contribution in [0.5, 0.6) is 0 Å². The van der Waals surface area contributed by atoms with E-state index in [2.05, 4.69) is 22.4 Å². The molecule has 1 saturated heterocycles. The molecule has 6 rings (SSSR count). The molecule has 224 valence electrons. The van der Waals surface area contributed by atoms with Crippen LogP contribution in [-0.2, 0) is 16.1 Å². The summed E-state index contributed by atoms with van der Waals surface area (Å²) in [5, 5.41) is 9.08. The number of carbonyl (C=O) groups excluding carboxylic acids is 2. The first-order valence-corrected chi connectivity index (χ1v) is 15.3. The lowest BCUT2D eigenvalue weighted by molar-refractivity contribution is -0.0125. The minimum Gasteiger partial charge on any atom is -0.462 e. The molecule has 1 N–H and O–H groups in total. The van der Waals surface area contributed by atoms with Gasteiger partial charge in [0, 0.05) is 40.4 Å². The molecule has 0 bridgehead atoms. The highest BCUT2D eigenvalue weighted by molar-refractivity contribution is 6.39. The average molecular weight is 624 g/mol. The minimum absolute atomic E-state index is 0.0842. The molecule has 3 heterocycles. The summed E-state index contributed by atoms with van der Waals surface area (Å²) in [5.74, 6) is 0.706. The summed E-state index contributed by atoms with van der Waals surface area (Å²) >= 11 is 13.0. The first-order chi connectivity index (χ1) is 20.9. The van der Waals surface area contributed by atoms with Gasteiger partial charge < -0.3 is 24.2 Å². The van der Waals surface area contributed by atoms with Gasteiger partial charge in [-0.05, 0) is 69.0 Å². The van der Waals surface area contributed by atoms with Crippen LogP contribution in [0.25, 0.3) is 22.2 Å². The van der Waals surface area contributed by atoms with E-state index in [4.69, 9.17) is 37.2 Å². The van der Waals surface area contributed by atoms with Crippen molar-refractivity contribution in [1.29, 1.82) is 0 Å². The first-order valence-electron chi connectivity index (χ1n) is 14.5. The predicted molar refractivity (Wildman–Crippen MR) is 165 cm³/mol. The second kappa shape index (κ2) is 12.5. The molecular weight excluding hydrogens is 591 g/mol. The monoisotopic (exact) mass is 622 g/mol. The van der Waals surface area contributed by atoms with Crippen LogP contribution in [0, 0.1) is 0 Å². The third-order valence-electron chi connectivity index (χ3n) is 8.00. The Labute approximate surface area is 259 Å². The van der Waals surface area contributed by atoms with Gasteiger partial charge in [0.2, 0.25) is 0 Å². The van der Waals surface area contributed by atoms with Crippen LogP contribution < -0.4 is 5.32 Å². The van der Waals surface area contributed by atoms with Crippen LogP contribution in [0.1, 0.15) is 67.1 Å². The smallest absolute Gasteiger partial charge is 0.339 e. The number of ether oxygens (including phenoxy) is 2. The van der Waals surface area contributed by atoms with E-state index in [-0.39, 0.29) is 31.3 Å². The molecular formula is C32H32Cl2N4O5. The Morgan fingerprint density at radius 2 is 1.88 bits per heavy atom. The lowest BCUT2D eigenvalue weighted by Crippen LogP contribution is -2.61. The summed E-state index contributed by atoms with van der Waals surface area (Å²) in [4.78, 5) is 31.8. The molecule has 4 aromatic rings. The Balaban J connectivity index is 1.14. The number of likely N-dealkylation sites (tertiary alicyclic amines) is 1. The van der Waals surface area contributed by atoms with Crippen LogP contribution in [0.15, 0.2) is 53.2 Å². The number of aromatic nitrogens is 2. The molecule has 11 heteroatoms. The van der Waals surface area contributed by atoms with Crippen molar-refractivity contribution in [3.05, 3.63) is 75.6 Å².